The molecule has 0 aliphatic rings. The molecular weight excluding hydrogens is 290 g/mol. The molecule has 1 aromatic heterocycles. The van der Waals surface area contributed by atoms with Crippen LogP contribution in [0.25, 0.3) is 11.1 Å². The van der Waals surface area contributed by atoms with Gasteiger partial charge in [0.2, 0.25) is 0 Å². The Kier molecular flexibility index (Phi) is 6.48. The highest BCUT2D eigenvalue weighted by Crippen LogP contribution is 2.19. The summed E-state index contributed by atoms with van der Waals surface area (Å²) in [6, 6.07) is 11.5. The van der Waals surface area contributed by atoms with E-state index in [4.69, 9.17) is 5.11 Å². The summed E-state index contributed by atoms with van der Waals surface area (Å²) >= 11 is 0. The lowest BCUT2D eigenvalue weighted by atomic mass is 10.0. The highest BCUT2D eigenvalue weighted by Gasteiger charge is 2.06. The molecule has 0 radical (unpaired) electrons. The summed E-state index contributed by atoms with van der Waals surface area (Å²) < 4.78 is 0. The lowest BCUT2D eigenvalue weighted by molar-refractivity contribution is -0.137. The third-order valence-electron chi connectivity index (χ3n) is 3.75. The van der Waals surface area contributed by atoms with Gasteiger partial charge in [0.15, 0.2) is 5.78 Å². The van der Waals surface area contributed by atoms with Crippen LogP contribution in [-0.4, -0.2) is 21.8 Å². The molecule has 0 saturated heterocycles. The van der Waals surface area contributed by atoms with Gasteiger partial charge in [0.25, 0.3) is 0 Å². The zero-order valence-corrected chi connectivity index (χ0v) is 13.1. The smallest absolute Gasteiger partial charge is 0.303 e. The molecule has 2 rings (SSSR count). The van der Waals surface area contributed by atoms with Gasteiger partial charge in [-0.2, -0.15) is 0 Å². The van der Waals surface area contributed by atoms with Gasteiger partial charge in [-0.05, 0) is 30.0 Å². The number of Topliss-reactive ketones (excluding diaryl/α,β-unsaturated/α-hetero) is 1. The predicted molar refractivity (Wildman–Crippen MR) is 89.3 cm³/mol. The number of pyridine rings is 1. The Morgan fingerprint density at radius 2 is 1.57 bits per heavy atom. The fourth-order valence-electron chi connectivity index (χ4n) is 2.44. The number of carboxylic acid groups (broad SMARTS) is 1. The van der Waals surface area contributed by atoms with E-state index < -0.39 is 5.97 Å². The van der Waals surface area contributed by atoms with E-state index in [1.54, 1.807) is 12.4 Å². The third kappa shape index (κ3) is 5.66. The van der Waals surface area contributed by atoms with Crippen LogP contribution in [0.1, 0.15) is 48.9 Å². The Labute approximate surface area is 136 Å². The van der Waals surface area contributed by atoms with Gasteiger partial charge in [0.05, 0.1) is 0 Å². The molecule has 120 valence electrons. The summed E-state index contributed by atoms with van der Waals surface area (Å²) in [4.78, 5) is 26.6. The molecule has 0 bridgehead atoms. The van der Waals surface area contributed by atoms with E-state index in [1.807, 2.05) is 36.4 Å². The van der Waals surface area contributed by atoms with Gasteiger partial charge in [-0.1, -0.05) is 43.2 Å². The number of carbonyl (C=O) groups is 2. The normalized spacial score (nSPS) is 10.4. The SMILES string of the molecule is O=C(O)CCCCCCC(=O)c1ccc(-c2cccnc2)cc1. The second-order valence-corrected chi connectivity index (χ2v) is 5.55. The van der Waals surface area contributed by atoms with Gasteiger partial charge in [0.1, 0.15) is 0 Å². The molecule has 1 N–H and O–H groups in total. The van der Waals surface area contributed by atoms with Crippen LogP contribution in [-0.2, 0) is 4.79 Å². The molecule has 0 unspecified atom stereocenters. The summed E-state index contributed by atoms with van der Waals surface area (Å²) in [5.74, 6) is -0.615. The molecule has 0 saturated carbocycles. The number of aromatic nitrogens is 1. The quantitative estimate of drug-likeness (QED) is 0.552. The van der Waals surface area contributed by atoms with Crippen molar-refractivity contribution in [2.45, 2.75) is 38.5 Å². The van der Waals surface area contributed by atoms with Crippen LogP contribution in [0.3, 0.4) is 0 Å². The van der Waals surface area contributed by atoms with E-state index in [9.17, 15) is 9.59 Å². The highest BCUT2D eigenvalue weighted by molar-refractivity contribution is 5.96. The van der Waals surface area contributed by atoms with Gasteiger partial charge < -0.3 is 5.11 Å². The van der Waals surface area contributed by atoms with Crippen molar-refractivity contribution in [1.82, 2.24) is 4.98 Å². The molecule has 4 heteroatoms. The van der Waals surface area contributed by atoms with E-state index >= 15 is 0 Å². The largest absolute Gasteiger partial charge is 0.481 e. The second kappa shape index (κ2) is 8.83. The Hall–Kier alpha value is -2.49. The second-order valence-electron chi connectivity index (χ2n) is 5.55. The summed E-state index contributed by atoms with van der Waals surface area (Å²) in [6.45, 7) is 0. The average molecular weight is 311 g/mol. The van der Waals surface area contributed by atoms with E-state index in [0.29, 0.717) is 12.8 Å². The average Bonchev–Trinajstić information content (AvgIpc) is 2.58. The van der Waals surface area contributed by atoms with Gasteiger partial charge in [0, 0.05) is 30.8 Å². The number of carboxylic acids is 1. The van der Waals surface area contributed by atoms with Crippen molar-refractivity contribution in [2.24, 2.45) is 0 Å². The Bertz CT molecular complexity index is 635. The van der Waals surface area contributed by atoms with Crippen molar-refractivity contribution < 1.29 is 14.7 Å². The topological polar surface area (TPSA) is 67.3 Å². The molecule has 23 heavy (non-hydrogen) atoms. The van der Waals surface area contributed by atoms with Crippen molar-refractivity contribution in [2.75, 3.05) is 0 Å². The third-order valence-corrected chi connectivity index (χ3v) is 3.75. The number of nitrogens with zero attached hydrogens (tertiary/aromatic N) is 1. The first-order chi connectivity index (χ1) is 11.2. The number of benzene rings is 1. The van der Waals surface area contributed by atoms with E-state index in [0.717, 1.165) is 36.0 Å². The molecule has 0 aliphatic heterocycles. The maximum Gasteiger partial charge on any atom is 0.303 e. The summed E-state index contributed by atoms with van der Waals surface area (Å²) in [7, 11) is 0. The van der Waals surface area contributed by atoms with Gasteiger partial charge in [-0.25, -0.2) is 0 Å². The van der Waals surface area contributed by atoms with Gasteiger partial charge >= 0.3 is 5.97 Å². The zero-order valence-electron chi connectivity index (χ0n) is 13.1. The van der Waals surface area contributed by atoms with Crippen LogP contribution >= 0.6 is 0 Å². The maximum absolute atomic E-state index is 12.1. The Morgan fingerprint density at radius 3 is 2.17 bits per heavy atom. The fourth-order valence-corrected chi connectivity index (χ4v) is 2.44. The van der Waals surface area contributed by atoms with E-state index in [-0.39, 0.29) is 12.2 Å². The highest BCUT2D eigenvalue weighted by atomic mass is 16.4. The number of unbranched alkanes of at least 4 members (excludes halogenated alkanes) is 3. The molecule has 0 atom stereocenters. The monoisotopic (exact) mass is 311 g/mol. The number of rotatable bonds is 9. The molecular formula is C19H21NO3. The lowest BCUT2D eigenvalue weighted by Crippen LogP contribution is -1.99. The minimum Gasteiger partial charge on any atom is -0.481 e. The molecule has 0 spiro atoms. The van der Waals surface area contributed by atoms with Crippen LogP contribution in [0.15, 0.2) is 48.8 Å². The number of hydrogen-bond donors (Lipinski definition) is 1. The van der Waals surface area contributed by atoms with Crippen molar-refractivity contribution in [1.29, 1.82) is 0 Å². The van der Waals surface area contributed by atoms with E-state index in [1.165, 1.54) is 0 Å². The summed E-state index contributed by atoms with van der Waals surface area (Å²) in [6.07, 6.45) is 7.51. The van der Waals surface area contributed by atoms with Gasteiger partial charge in [-0.3, -0.25) is 14.6 Å². The van der Waals surface area contributed by atoms with Crippen LogP contribution in [0.4, 0.5) is 0 Å². The van der Waals surface area contributed by atoms with Crippen molar-refractivity contribution in [3.05, 3.63) is 54.4 Å². The lowest BCUT2D eigenvalue weighted by Gasteiger charge is -2.04. The number of aliphatic carboxylic acids is 1. The first-order valence-corrected chi connectivity index (χ1v) is 7.92. The summed E-state index contributed by atoms with van der Waals surface area (Å²) in [5.41, 5.74) is 2.80. The molecule has 2 aromatic rings. The molecule has 1 aromatic carbocycles. The van der Waals surface area contributed by atoms with Crippen LogP contribution in [0, 0.1) is 0 Å². The van der Waals surface area contributed by atoms with Crippen molar-refractivity contribution in [3.8, 4) is 11.1 Å². The van der Waals surface area contributed by atoms with Crippen LogP contribution in [0.2, 0.25) is 0 Å². The summed E-state index contributed by atoms with van der Waals surface area (Å²) in [5, 5.41) is 8.55. The molecule has 1 heterocycles. The van der Waals surface area contributed by atoms with Gasteiger partial charge in [-0.15, -0.1) is 0 Å². The number of ketones is 1. The number of hydrogen-bond acceptors (Lipinski definition) is 3. The minimum absolute atomic E-state index is 0.140. The molecule has 0 amide bonds. The first kappa shape index (κ1) is 16.9. The minimum atomic E-state index is -0.755. The maximum atomic E-state index is 12.1. The Morgan fingerprint density at radius 1 is 0.870 bits per heavy atom. The standard InChI is InChI=1S/C19H21NO3/c21-18(7-3-1-2-4-8-19(22)23)16-11-9-15(10-12-16)17-6-5-13-20-14-17/h5-6,9-14H,1-4,7-8H2,(H,22,23). The molecule has 0 aliphatic carbocycles. The van der Waals surface area contributed by atoms with E-state index in [2.05, 4.69) is 4.98 Å². The molecule has 0 fully saturated rings. The van der Waals surface area contributed by atoms with Crippen LogP contribution in [0.5, 0.6) is 0 Å². The van der Waals surface area contributed by atoms with Crippen molar-refractivity contribution >= 4 is 11.8 Å². The zero-order chi connectivity index (χ0) is 16.5. The van der Waals surface area contributed by atoms with Crippen LogP contribution < -0.4 is 0 Å². The van der Waals surface area contributed by atoms with Crippen molar-refractivity contribution in [3.63, 3.8) is 0 Å². The predicted octanol–water partition coefficient (Wildman–Crippen LogP) is 4.36. The molecule has 4 nitrogen and oxygen atoms in total. The number of carbonyl (C=O) groups excluding carboxylic acids is 1. The fraction of sp³-hybridized carbons (Fsp3) is 0.316. The first-order valence-electron chi connectivity index (χ1n) is 7.92. The Balaban J connectivity index is 1.78.